The van der Waals surface area contributed by atoms with Crippen LogP contribution in [-0.4, -0.2) is 14.2 Å². The van der Waals surface area contributed by atoms with E-state index in [1.807, 2.05) is 19.2 Å². The summed E-state index contributed by atoms with van der Waals surface area (Å²) in [6, 6.07) is 8.65. The van der Waals surface area contributed by atoms with Gasteiger partial charge in [0.2, 0.25) is 0 Å². The van der Waals surface area contributed by atoms with E-state index < -0.39 is 0 Å². The van der Waals surface area contributed by atoms with Crippen molar-refractivity contribution in [3.05, 3.63) is 29.8 Å². The zero-order chi connectivity index (χ0) is 12.2. The van der Waals surface area contributed by atoms with Gasteiger partial charge in [-0.2, -0.15) is 0 Å². The third-order valence-corrected chi connectivity index (χ3v) is 3.41. The molecule has 0 aliphatic heterocycles. The monoisotopic (exact) mass is 221 g/mol. The first-order valence-corrected chi connectivity index (χ1v) is 5.86. The fraction of sp³-hybridized carbons (Fsp3) is 0.571. The van der Waals surface area contributed by atoms with Crippen molar-refractivity contribution in [2.45, 2.75) is 33.2 Å². The van der Waals surface area contributed by atoms with Gasteiger partial charge in [0.1, 0.15) is 5.75 Å². The van der Waals surface area contributed by atoms with Crippen LogP contribution in [0.5, 0.6) is 5.75 Å². The predicted molar refractivity (Wildman–Crippen MR) is 68.9 cm³/mol. The van der Waals surface area contributed by atoms with Gasteiger partial charge in [-0.3, -0.25) is 0 Å². The number of rotatable bonds is 5. The van der Waals surface area contributed by atoms with Gasteiger partial charge in [-0.15, -0.1) is 0 Å². The van der Waals surface area contributed by atoms with Crippen LogP contribution in [0.1, 0.15) is 38.8 Å². The van der Waals surface area contributed by atoms with Crippen LogP contribution < -0.4 is 10.1 Å². The van der Waals surface area contributed by atoms with Gasteiger partial charge in [-0.1, -0.05) is 32.9 Å². The molecule has 0 amide bonds. The molecule has 90 valence electrons. The fourth-order valence-corrected chi connectivity index (χ4v) is 2.03. The van der Waals surface area contributed by atoms with Gasteiger partial charge in [0.15, 0.2) is 0 Å². The van der Waals surface area contributed by atoms with Crippen molar-refractivity contribution in [3.8, 4) is 5.75 Å². The lowest BCUT2D eigenvalue weighted by atomic mass is 9.78. The van der Waals surface area contributed by atoms with Crippen LogP contribution >= 0.6 is 0 Å². The van der Waals surface area contributed by atoms with E-state index in [0.717, 1.165) is 12.2 Å². The normalized spacial score (nSPS) is 13.6. The van der Waals surface area contributed by atoms with Gasteiger partial charge >= 0.3 is 0 Å². The van der Waals surface area contributed by atoms with Crippen molar-refractivity contribution in [2.75, 3.05) is 14.2 Å². The summed E-state index contributed by atoms with van der Waals surface area (Å²) in [7, 11) is 3.72. The molecule has 0 spiro atoms. The molecule has 1 rings (SSSR count). The van der Waals surface area contributed by atoms with E-state index in [0.29, 0.717) is 6.04 Å². The van der Waals surface area contributed by atoms with Crippen molar-refractivity contribution in [1.82, 2.24) is 5.32 Å². The molecule has 2 nitrogen and oxygen atoms in total. The Morgan fingerprint density at radius 3 is 2.56 bits per heavy atom. The number of ether oxygens (including phenoxy) is 1. The average molecular weight is 221 g/mol. The molecule has 0 aliphatic rings. The number of hydrogen-bond acceptors (Lipinski definition) is 2. The lowest BCUT2D eigenvalue weighted by Gasteiger charge is -2.33. The van der Waals surface area contributed by atoms with Gasteiger partial charge < -0.3 is 10.1 Å². The summed E-state index contributed by atoms with van der Waals surface area (Å²) in [6.45, 7) is 6.80. The quantitative estimate of drug-likeness (QED) is 0.823. The van der Waals surface area contributed by atoms with Crippen LogP contribution in [0.4, 0.5) is 0 Å². The van der Waals surface area contributed by atoms with E-state index in [4.69, 9.17) is 4.74 Å². The van der Waals surface area contributed by atoms with Crippen LogP contribution in [0.15, 0.2) is 24.3 Å². The highest BCUT2D eigenvalue weighted by molar-refractivity contribution is 5.31. The Hall–Kier alpha value is -1.02. The molecule has 0 heterocycles. The van der Waals surface area contributed by atoms with Crippen molar-refractivity contribution in [1.29, 1.82) is 0 Å². The second-order valence-corrected chi connectivity index (χ2v) is 4.84. The highest BCUT2D eigenvalue weighted by Gasteiger charge is 2.27. The van der Waals surface area contributed by atoms with E-state index in [1.54, 1.807) is 7.11 Å². The Kier molecular flexibility index (Phi) is 4.36. The summed E-state index contributed by atoms with van der Waals surface area (Å²) in [5, 5.41) is 3.41. The Balaban J connectivity index is 3.03. The van der Waals surface area contributed by atoms with Crippen molar-refractivity contribution >= 4 is 0 Å². The molecule has 1 aromatic rings. The number of hydrogen-bond donors (Lipinski definition) is 1. The Labute approximate surface area is 99.0 Å². The minimum atomic E-state index is 0.237. The SMILES string of the molecule is CCC(C)(C)C(NC)c1cccc(OC)c1. The van der Waals surface area contributed by atoms with Gasteiger partial charge in [0, 0.05) is 6.04 Å². The first-order valence-electron chi connectivity index (χ1n) is 5.86. The predicted octanol–water partition coefficient (Wildman–Crippen LogP) is 3.39. The molecule has 1 N–H and O–H groups in total. The topological polar surface area (TPSA) is 21.3 Å². The second-order valence-electron chi connectivity index (χ2n) is 4.84. The van der Waals surface area contributed by atoms with E-state index in [-0.39, 0.29) is 5.41 Å². The highest BCUT2D eigenvalue weighted by atomic mass is 16.5. The molecular formula is C14H23NO. The summed E-state index contributed by atoms with van der Waals surface area (Å²) in [4.78, 5) is 0. The fourth-order valence-electron chi connectivity index (χ4n) is 2.03. The largest absolute Gasteiger partial charge is 0.497 e. The lowest BCUT2D eigenvalue weighted by molar-refractivity contribution is 0.245. The Bertz CT molecular complexity index is 333. The van der Waals surface area contributed by atoms with Crippen molar-refractivity contribution < 1.29 is 4.74 Å². The van der Waals surface area contributed by atoms with Gasteiger partial charge in [0.05, 0.1) is 7.11 Å². The minimum Gasteiger partial charge on any atom is -0.497 e. The standard InChI is InChI=1S/C14H23NO/c1-6-14(2,3)13(15-4)11-8-7-9-12(10-11)16-5/h7-10,13,15H,6H2,1-5H3. The van der Waals surface area contributed by atoms with Crippen LogP contribution in [0.2, 0.25) is 0 Å². The molecule has 1 unspecified atom stereocenters. The summed E-state index contributed by atoms with van der Waals surface area (Å²) >= 11 is 0. The van der Waals surface area contributed by atoms with E-state index in [9.17, 15) is 0 Å². The van der Waals surface area contributed by atoms with Crippen LogP contribution in [0.25, 0.3) is 0 Å². The van der Waals surface area contributed by atoms with Crippen LogP contribution in [0.3, 0.4) is 0 Å². The van der Waals surface area contributed by atoms with E-state index in [2.05, 4.69) is 38.2 Å². The smallest absolute Gasteiger partial charge is 0.119 e. The maximum absolute atomic E-state index is 5.27. The molecule has 16 heavy (non-hydrogen) atoms. The van der Waals surface area contributed by atoms with Crippen molar-refractivity contribution in [2.24, 2.45) is 5.41 Å². The van der Waals surface area contributed by atoms with Crippen molar-refractivity contribution in [3.63, 3.8) is 0 Å². The maximum atomic E-state index is 5.27. The average Bonchev–Trinajstić information content (AvgIpc) is 2.30. The van der Waals surface area contributed by atoms with Gasteiger partial charge in [-0.05, 0) is 36.6 Å². The third kappa shape index (κ3) is 2.76. The molecule has 0 bridgehead atoms. The maximum Gasteiger partial charge on any atom is 0.119 e. The Morgan fingerprint density at radius 2 is 2.06 bits per heavy atom. The minimum absolute atomic E-state index is 0.237. The van der Waals surface area contributed by atoms with Gasteiger partial charge in [0.25, 0.3) is 0 Å². The summed E-state index contributed by atoms with van der Waals surface area (Å²) in [6.07, 6.45) is 1.13. The van der Waals surface area contributed by atoms with E-state index >= 15 is 0 Å². The molecule has 0 saturated heterocycles. The summed E-state index contributed by atoms with van der Waals surface area (Å²) in [5.41, 5.74) is 1.52. The molecule has 1 atom stereocenters. The molecule has 0 aliphatic carbocycles. The second kappa shape index (κ2) is 5.35. The molecule has 1 aromatic carbocycles. The number of methoxy groups -OCH3 is 1. The first kappa shape index (κ1) is 13.0. The third-order valence-electron chi connectivity index (χ3n) is 3.41. The van der Waals surface area contributed by atoms with Crippen LogP contribution in [0, 0.1) is 5.41 Å². The highest BCUT2D eigenvalue weighted by Crippen LogP contribution is 2.36. The molecule has 0 saturated carbocycles. The molecule has 0 aromatic heterocycles. The molecule has 0 radical (unpaired) electrons. The first-order chi connectivity index (χ1) is 7.55. The number of nitrogens with one attached hydrogen (secondary N) is 1. The molecular weight excluding hydrogens is 198 g/mol. The lowest BCUT2D eigenvalue weighted by Crippen LogP contribution is -2.31. The zero-order valence-electron chi connectivity index (χ0n) is 11.0. The number of benzene rings is 1. The molecule has 2 heteroatoms. The Morgan fingerprint density at radius 1 is 1.38 bits per heavy atom. The zero-order valence-corrected chi connectivity index (χ0v) is 11.0. The molecule has 0 fully saturated rings. The van der Waals surface area contributed by atoms with Crippen LogP contribution in [-0.2, 0) is 0 Å². The van der Waals surface area contributed by atoms with E-state index in [1.165, 1.54) is 5.56 Å². The summed E-state index contributed by atoms with van der Waals surface area (Å²) < 4.78 is 5.27. The van der Waals surface area contributed by atoms with Gasteiger partial charge in [-0.25, -0.2) is 0 Å². The summed E-state index contributed by atoms with van der Waals surface area (Å²) in [5.74, 6) is 0.921.